The third-order valence-corrected chi connectivity index (χ3v) is 4.99. The van der Waals surface area contributed by atoms with E-state index in [0.29, 0.717) is 15.7 Å². The summed E-state index contributed by atoms with van der Waals surface area (Å²) >= 11 is 12.1. The van der Waals surface area contributed by atoms with Crippen LogP contribution in [0.15, 0.2) is 48.5 Å². The van der Waals surface area contributed by atoms with Gasteiger partial charge in [0, 0.05) is 0 Å². The Morgan fingerprint density at radius 3 is 2.33 bits per heavy atom. The van der Waals surface area contributed by atoms with Gasteiger partial charge in [-0.05, 0) is 30.5 Å². The molecular weight excluding hydrogens is 305 g/mol. The highest BCUT2D eigenvalue weighted by Crippen LogP contribution is 2.45. The second-order valence-corrected chi connectivity index (χ2v) is 6.14. The van der Waals surface area contributed by atoms with Crippen molar-refractivity contribution in [2.75, 3.05) is 5.32 Å². The van der Waals surface area contributed by atoms with Crippen molar-refractivity contribution in [1.82, 2.24) is 0 Å². The SMILES string of the molecule is O=C(Nc1cccc(Cl)c1Cl)C1(c2ccccc2)CCC1. The molecule has 21 heavy (non-hydrogen) atoms. The molecule has 1 aliphatic carbocycles. The smallest absolute Gasteiger partial charge is 0.235 e. The zero-order valence-electron chi connectivity index (χ0n) is 11.4. The van der Waals surface area contributed by atoms with Gasteiger partial charge in [0.2, 0.25) is 5.91 Å². The van der Waals surface area contributed by atoms with E-state index >= 15 is 0 Å². The Labute approximate surface area is 134 Å². The van der Waals surface area contributed by atoms with Crippen molar-refractivity contribution >= 4 is 34.8 Å². The summed E-state index contributed by atoms with van der Waals surface area (Å²) < 4.78 is 0. The summed E-state index contributed by atoms with van der Waals surface area (Å²) in [5, 5.41) is 3.76. The fourth-order valence-electron chi connectivity index (χ4n) is 2.78. The van der Waals surface area contributed by atoms with Crippen LogP contribution < -0.4 is 5.32 Å². The van der Waals surface area contributed by atoms with Gasteiger partial charge in [0.1, 0.15) is 0 Å². The highest BCUT2D eigenvalue weighted by molar-refractivity contribution is 6.44. The van der Waals surface area contributed by atoms with E-state index in [1.165, 1.54) is 0 Å². The first-order valence-electron chi connectivity index (χ1n) is 6.94. The molecule has 0 aliphatic heterocycles. The van der Waals surface area contributed by atoms with E-state index in [2.05, 4.69) is 5.32 Å². The van der Waals surface area contributed by atoms with E-state index in [1.807, 2.05) is 30.3 Å². The van der Waals surface area contributed by atoms with Crippen LogP contribution in [0.1, 0.15) is 24.8 Å². The molecule has 0 radical (unpaired) electrons. The number of halogens is 2. The summed E-state index contributed by atoms with van der Waals surface area (Å²) in [5.41, 5.74) is 1.19. The highest BCUT2D eigenvalue weighted by atomic mass is 35.5. The van der Waals surface area contributed by atoms with E-state index in [1.54, 1.807) is 18.2 Å². The number of amides is 1. The molecule has 0 bridgehead atoms. The Hall–Kier alpha value is -1.51. The minimum Gasteiger partial charge on any atom is -0.324 e. The van der Waals surface area contributed by atoms with Crippen molar-refractivity contribution in [2.45, 2.75) is 24.7 Å². The third kappa shape index (κ3) is 2.54. The Morgan fingerprint density at radius 2 is 1.71 bits per heavy atom. The van der Waals surface area contributed by atoms with Gasteiger partial charge in [0.25, 0.3) is 0 Å². The molecule has 2 aromatic rings. The molecule has 3 rings (SSSR count). The Balaban J connectivity index is 1.89. The second kappa shape index (κ2) is 5.70. The van der Waals surface area contributed by atoms with Crippen LogP contribution in [0.2, 0.25) is 10.0 Å². The lowest BCUT2D eigenvalue weighted by Gasteiger charge is -2.40. The molecular formula is C17H15Cl2NO. The van der Waals surface area contributed by atoms with Crippen molar-refractivity contribution < 1.29 is 4.79 Å². The molecule has 1 N–H and O–H groups in total. The molecule has 2 aromatic carbocycles. The first-order chi connectivity index (χ1) is 10.1. The van der Waals surface area contributed by atoms with Gasteiger partial charge in [-0.2, -0.15) is 0 Å². The molecule has 1 fully saturated rings. The number of nitrogens with one attached hydrogen (secondary N) is 1. The number of hydrogen-bond acceptors (Lipinski definition) is 1. The normalized spacial score (nSPS) is 16.1. The third-order valence-electron chi connectivity index (χ3n) is 4.17. The molecule has 0 spiro atoms. The molecule has 4 heteroatoms. The molecule has 108 valence electrons. The number of benzene rings is 2. The van der Waals surface area contributed by atoms with Crippen LogP contribution in [-0.2, 0) is 10.2 Å². The minimum atomic E-state index is -0.438. The lowest BCUT2D eigenvalue weighted by Crippen LogP contribution is -2.46. The van der Waals surface area contributed by atoms with Crippen molar-refractivity contribution in [1.29, 1.82) is 0 Å². The van der Waals surface area contributed by atoms with Crippen LogP contribution in [0.25, 0.3) is 0 Å². The number of rotatable bonds is 3. The number of carbonyl (C=O) groups excluding carboxylic acids is 1. The molecule has 1 amide bonds. The topological polar surface area (TPSA) is 29.1 Å². The van der Waals surface area contributed by atoms with Gasteiger partial charge in [0.05, 0.1) is 21.1 Å². The predicted molar refractivity (Wildman–Crippen MR) is 87.1 cm³/mol. The molecule has 2 nitrogen and oxygen atoms in total. The summed E-state index contributed by atoms with van der Waals surface area (Å²) in [6.45, 7) is 0. The number of carbonyl (C=O) groups is 1. The van der Waals surface area contributed by atoms with Gasteiger partial charge < -0.3 is 5.32 Å². The first kappa shape index (κ1) is 14.4. The van der Waals surface area contributed by atoms with Crippen LogP contribution >= 0.6 is 23.2 Å². The quantitative estimate of drug-likeness (QED) is 0.842. The zero-order valence-corrected chi connectivity index (χ0v) is 12.9. The Bertz CT molecular complexity index is 666. The maximum atomic E-state index is 12.8. The maximum Gasteiger partial charge on any atom is 0.235 e. The fourth-order valence-corrected chi connectivity index (χ4v) is 3.12. The van der Waals surface area contributed by atoms with E-state index in [-0.39, 0.29) is 5.91 Å². The summed E-state index contributed by atoms with van der Waals surface area (Å²) in [6, 6.07) is 15.2. The van der Waals surface area contributed by atoms with E-state index < -0.39 is 5.41 Å². The molecule has 1 saturated carbocycles. The highest BCUT2D eigenvalue weighted by Gasteiger charge is 2.45. The summed E-state index contributed by atoms with van der Waals surface area (Å²) in [7, 11) is 0. The standard InChI is InChI=1S/C17H15Cl2NO/c18-13-8-4-9-14(15(13)19)20-16(21)17(10-5-11-17)12-6-2-1-3-7-12/h1-4,6-9H,5,10-11H2,(H,20,21). The van der Waals surface area contributed by atoms with Crippen molar-refractivity contribution in [3.05, 3.63) is 64.1 Å². The van der Waals surface area contributed by atoms with Gasteiger partial charge in [0.15, 0.2) is 0 Å². The fraction of sp³-hybridized carbons (Fsp3) is 0.235. The van der Waals surface area contributed by atoms with Crippen molar-refractivity contribution in [2.24, 2.45) is 0 Å². The molecule has 0 atom stereocenters. The van der Waals surface area contributed by atoms with Crippen LogP contribution in [0, 0.1) is 0 Å². The molecule has 0 heterocycles. The number of anilines is 1. The molecule has 1 aliphatic rings. The van der Waals surface area contributed by atoms with Gasteiger partial charge in [-0.15, -0.1) is 0 Å². The zero-order chi connectivity index (χ0) is 14.9. The average Bonchev–Trinajstić information content (AvgIpc) is 2.44. The van der Waals surface area contributed by atoms with E-state index in [4.69, 9.17) is 23.2 Å². The Morgan fingerprint density at radius 1 is 1.00 bits per heavy atom. The maximum absolute atomic E-state index is 12.8. The average molecular weight is 320 g/mol. The van der Waals surface area contributed by atoms with E-state index in [9.17, 15) is 4.79 Å². The van der Waals surface area contributed by atoms with Crippen LogP contribution in [0.3, 0.4) is 0 Å². The minimum absolute atomic E-state index is 0.0101. The monoisotopic (exact) mass is 319 g/mol. The van der Waals surface area contributed by atoms with Crippen LogP contribution in [0.4, 0.5) is 5.69 Å². The molecule has 0 unspecified atom stereocenters. The van der Waals surface area contributed by atoms with Crippen molar-refractivity contribution in [3.63, 3.8) is 0 Å². The van der Waals surface area contributed by atoms with Crippen LogP contribution in [0.5, 0.6) is 0 Å². The summed E-state index contributed by atoms with van der Waals surface area (Å²) in [4.78, 5) is 12.8. The predicted octanol–water partition coefficient (Wildman–Crippen LogP) is 5.05. The first-order valence-corrected chi connectivity index (χ1v) is 7.70. The summed E-state index contributed by atoms with van der Waals surface area (Å²) in [6.07, 6.45) is 2.79. The molecule has 0 saturated heterocycles. The second-order valence-electron chi connectivity index (χ2n) is 5.36. The van der Waals surface area contributed by atoms with Gasteiger partial charge in [-0.25, -0.2) is 0 Å². The Kier molecular flexibility index (Phi) is 3.92. The van der Waals surface area contributed by atoms with Gasteiger partial charge in [-0.3, -0.25) is 4.79 Å². The van der Waals surface area contributed by atoms with Gasteiger partial charge in [-0.1, -0.05) is 66.0 Å². The van der Waals surface area contributed by atoms with Crippen LogP contribution in [-0.4, -0.2) is 5.91 Å². The summed E-state index contributed by atoms with van der Waals surface area (Å²) in [5.74, 6) is -0.0101. The number of hydrogen-bond donors (Lipinski definition) is 1. The largest absolute Gasteiger partial charge is 0.324 e. The lowest BCUT2D eigenvalue weighted by molar-refractivity contribution is -0.124. The van der Waals surface area contributed by atoms with E-state index in [0.717, 1.165) is 24.8 Å². The van der Waals surface area contributed by atoms with Crippen molar-refractivity contribution in [3.8, 4) is 0 Å². The van der Waals surface area contributed by atoms with Gasteiger partial charge >= 0.3 is 0 Å². The molecule has 0 aromatic heterocycles. The lowest BCUT2D eigenvalue weighted by atomic mass is 9.64.